The Labute approximate surface area is 201 Å². The van der Waals surface area contributed by atoms with Gasteiger partial charge < -0.3 is 4.79 Å². The second-order valence-corrected chi connectivity index (χ2v) is 9.93. The Morgan fingerprint density at radius 3 is 1.86 bits per heavy atom. The number of imide groups is 1. The van der Waals surface area contributed by atoms with E-state index < -0.39 is 39.4 Å². The molecule has 7 rings (SSSR count). The van der Waals surface area contributed by atoms with Gasteiger partial charge in [0.1, 0.15) is 12.0 Å². The number of aldehydes is 1. The summed E-state index contributed by atoms with van der Waals surface area (Å²) in [5, 5.41) is 12.0. The molecular formula is C28H22N2O5. The molecule has 3 aliphatic carbocycles. The van der Waals surface area contributed by atoms with E-state index in [1.165, 1.54) is 12.1 Å². The third-order valence-electron chi connectivity index (χ3n) is 8.50. The van der Waals surface area contributed by atoms with Crippen molar-refractivity contribution in [3.8, 4) is 0 Å². The van der Waals surface area contributed by atoms with Crippen LogP contribution in [-0.4, -0.2) is 23.0 Å². The topological polar surface area (TPSA) is 97.6 Å². The van der Waals surface area contributed by atoms with Gasteiger partial charge in [0.05, 0.1) is 22.2 Å². The highest BCUT2D eigenvalue weighted by Crippen LogP contribution is 2.66. The molecule has 35 heavy (non-hydrogen) atoms. The van der Waals surface area contributed by atoms with Crippen LogP contribution in [0.3, 0.4) is 0 Å². The van der Waals surface area contributed by atoms with Gasteiger partial charge in [-0.2, -0.15) is 0 Å². The molecule has 2 atom stereocenters. The highest BCUT2D eigenvalue weighted by molar-refractivity contribution is 6.26. The lowest BCUT2D eigenvalue weighted by Crippen LogP contribution is -2.61. The number of nitro benzene ring substituents is 1. The summed E-state index contributed by atoms with van der Waals surface area (Å²) in [6, 6.07) is 17.9. The van der Waals surface area contributed by atoms with Crippen LogP contribution in [0.4, 0.5) is 11.4 Å². The van der Waals surface area contributed by atoms with Gasteiger partial charge in [0.25, 0.3) is 5.69 Å². The van der Waals surface area contributed by atoms with Crippen LogP contribution in [0.25, 0.3) is 0 Å². The van der Waals surface area contributed by atoms with Crippen molar-refractivity contribution in [2.24, 2.45) is 11.8 Å². The van der Waals surface area contributed by atoms with Crippen LogP contribution in [0.15, 0.2) is 60.7 Å². The van der Waals surface area contributed by atoms with Crippen LogP contribution in [0, 0.1) is 35.8 Å². The molecule has 0 spiro atoms. The highest BCUT2D eigenvalue weighted by atomic mass is 16.6. The molecule has 4 aliphatic rings. The number of hydrogen-bond donors (Lipinski definition) is 0. The number of anilines is 1. The fourth-order valence-electron chi connectivity index (χ4n) is 6.81. The lowest BCUT2D eigenvalue weighted by molar-refractivity contribution is -0.384. The van der Waals surface area contributed by atoms with E-state index in [1.807, 2.05) is 55.5 Å². The van der Waals surface area contributed by atoms with E-state index in [4.69, 9.17) is 0 Å². The van der Waals surface area contributed by atoms with Gasteiger partial charge in [-0.1, -0.05) is 55.5 Å². The van der Waals surface area contributed by atoms with E-state index in [-0.39, 0.29) is 11.4 Å². The summed E-state index contributed by atoms with van der Waals surface area (Å²) in [5.74, 6) is -2.95. The minimum atomic E-state index is -1.36. The van der Waals surface area contributed by atoms with Crippen molar-refractivity contribution in [3.05, 3.63) is 104 Å². The van der Waals surface area contributed by atoms with Crippen LogP contribution >= 0.6 is 0 Å². The number of carbonyl (C=O) groups is 3. The summed E-state index contributed by atoms with van der Waals surface area (Å²) in [4.78, 5) is 53.8. The van der Waals surface area contributed by atoms with Crippen molar-refractivity contribution >= 4 is 29.5 Å². The first-order chi connectivity index (χ1) is 16.7. The summed E-state index contributed by atoms with van der Waals surface area (Å²) in [7, 11) is 0. The molecular weight excluding hydrogens is 444 g/mol. The van der Waals surface area contributed by atoms with E-state index in [2.05, 4.69) is 0 Å². The first kappa shape index (κ1) is 21.4. The summed E-state index contributed by atoms with van der Waals surface area (Å²) in [6.45, 7) is 5.47. The maximum atomic E-state index is 14.2. The second kappa shape index (κ2) is 6.72. The van der Waals surface area contributed by atoms with E-state index in [0.29, 0.717) is 5.56 Å². The first-order valence-corrected chi connectivity index (χ1v) is 11.5. The summed E-state index contributed by atoms with van der Waals surface area (Å²) in [5.41, 5.74) is 1.95. The summed E-state index contributed by atoms with van der Waals surface area (Å²) < 4.78 is 0. The van der Waals surface area contributed by atoms with Crippen LogP contribution in [0.5, 0.6) is 0 Å². The number of amides is 2. The molecule has 7 heteroatoms. The van der Waals surface area contributed by atoms with Gasteiger partial charge in [0, 0.05) is 11.5 Å². The van der Waals surface area contributed by atoms with Gasteiger partial charge in [-0.3, -0.25) is 19.7 Å². The Balaban J connectivity index is 1.68. The molecule has 3 aromatic carbocycles. The van der Waals surface area contributed by atoms with E-state index in [9.17, 15) is 24.5 Å². The minimum Gasteiger partial charge on any atom is -0.302 e. The molecule has 2 amide bonds. The first-order valence-electron chi connectivity index (χ1n) is 11.5. The fourth-order valence-corrected chi connectivity index (χ4v) is 6.81. The van der Waals surface area contributed by atoms with Crippen molar-refractivity contribution in [1.29, 1.82) is 0 Å². The number of carbonyl (C=O) groups excluding carboxylic acids is 3. The number of nitro groups is 1. The number of hydrogen-bond acceptors (Lipinski definition) is 5. The van der Waals surface area contributed by atoms with Crippen molar-refractivity contribution in [1.82, 2.24) is 0 Å². The van der Waals surface area contributed by atoms with Crippen LogP contribution in [0.1, 0.15) is 40.3 Å². The molecule has 1 aliphatic heterocycles. The molecule has 0 radical (unpaired) electrons. The second-order valence-electron chi connectivity index (χ2n) is 9.93. The van der Waals surface area contributed by atoms with Gasteiger partial charge in [0.2, 0.25) is 11.8 Å². The highest BCUT2D eigenvalue weighted by Gasteiger charge is 2.72. The quantitative estimate of drug-likeness (QED) is 0.250. The molecule has 2 bridgehead atoms. The van der Waals surface area contributed by atoms with Gasteiger partial charge in [-0.05, 0) is 53.3 Å². The summed E-state index contributed by atoms with van der Waals surface area (Å²) >= 11 is 0. The summed E-state index contributed by atoms with van der Waals surface area (Å²) in [6.07, 6.45) is 0.796. The maximum Gasteiger partial charge on any atom is 0.293 e. The van der Waals surface area contributed by atoms with Gasteiger partial charge in [0.15, 0.2) is 0 Å². The molecule has 174 valence electrons. The molecule has 0 unspecified atom stereocenters. The zero-order valence-corrected chi connectivity index (χ0v) is 19.4. The molecule has 1 heterocycles. The van der Waals surface area contributed by atoms with Crippen LogP contribution in [-0.2, 0) is 25.2 Å². The Kier molecular flexibility index (Phi) is 4.11. The predicted molar refractivity (Wildman–Crippen MR) is 128 cm³/mol. The Morgan fingerprint density at radius 2 is 1.34 bits per heavy atom. The smallest absolute Gasteiger partial charge is 0.293 e. The Bertz CT molecular complexity index is 1460. The van der Waals surface area contributed by atoms with Crippen molar-refractivity contribution in [2.45, 2.75) is 31.6 Å². The monoisotopic (exact) mass is 466 g/mol. The normalized spacial score (nSPS) is 27.9. The molecule has 7 nitrogen and oxygen atoms in total. The maximum absolute atomic E-state index is 14.2. The molecule has 0 N–H and O–H groups in total. The van der Waals surface area contributed by atoms with Crippen LogP contribution < -0.4 is 4.90 Å². The zero-order chi connectivity index (χ0) is 24.9. The molecule has 0 aromatic heterocycles. The van der Waals surface area contributed by atoms with E-state index in [1.54, 1.807) is 13.8 Å². The predicted octanol–water partition coefficient (Wildman–Crippen LogP) is 4.14. The third kappa shape index (κ3) is 2.28. The number of benzene rings is 3. The zero-order valence-electron chi connectivity index (χ0n) is 19.4. The molecule has 1 saturated heterocycles. The van der Waals surface area contributed by atoms with E-state index in [0.717, 1.165) is 39.0 Å². The molecule has 1 fully saturated rings. The number of rotatable bonds is 3. The lowest BCUT2D eigenvalue weighted by atomic mass is 9.42. The largest absolute Gasteiger partial charge is 0.302 e. The minimum absolute atomic E-state index is 0.0420. The molecule has 0 saturated carbocycles. The number of nitrogens with zero attached hydrogens (tertiary/aromatic N) is 2. The average Bonchev–Trinajstić information content (AvgIpc) is 3.13. The standard InChI is InChI=1S/C28H22N2O5/c1-15-12-21(22(30(34)35)13-16(15)2)29-25(32)23-24(26(29)33)28(14-31)19-10-6-4-8-17(19)27(23,3)18-9-5-7-11-20(18)28/h4-14,23-24H,1-3H3/t23-,24-,27?,28?/m0/s1. The Morgan fingerprint density at radius 1 is 0.857 bits per heavy atom. The van der Waals surface area contributed by atoms with E-state index >= 15 is 0 Å². The SMILES string of the molecule is Cc1cc(N2C(=O)[C@@H]3[C@@H](C2=O)C2(C=O)c4ccccc4C3(C)c3ccccc32)c([N+](=O)[O-])cc1C. The Hall–Kier alpha value is -4.13. The molecule has 3 aromatic rings. The van der Waals surface area contributed by atoms with Crippen LogP contribution in [0.2, 0.25) is 0 Å². The van der Waals surface area contributed by atoms with Gasteiger partial charge >= 0.3 is 0 Å². The lowest BCUT2D eigenvalue weighted by Gasteiger charge is -2.56. The fraction of sp³-hybridized carbons (Fsp3) is 0.250. The van der Waals surface area contributed by atoms with Gasteiger partial charge in [-0.25, -0.2) is 4.90 Å². The average molecular weight is 466 g/mol. The number of aryl methyl sites for hydroxylation is 2. The van der Waals surface area contributed by atoms with Crippen molar-refractivity contribution < 1.29 is 19.3 Å². The van der Waals surface area contributed by atoms with Crippen molar-refractivity contribution in [2.75, 3.05) is 4.90 Å². The van der Waals surface area contributed by atoms with Crippen molar-refractivity contribution in [3.63, 3.8) is 0 Å². The van der Waals surface area contributed by atoms with Gasteiger partial charge in [-0.15, -0.1) is 0 Å². The third-order valence-corrected chi connectivity index (χ3v) is 8.50.